The van der Waals surface area contributed by atoms with E-state index in [2.05, 4.69) is 29.2 Å². The van der Waals surface area contributed by atoms with Gasteiger partial charge in [0.15, 0.2) is 5.79 Å². The van der Waals surface area contributed by atoms with Crippen LogP contribution >= 0.6 is 0 Å². The van der Waals surface area contributed by atoms with Crippen molar-refractivity contribution in [1.82, 2.24) is 15.1 Å². The van der Waals surface area contributed by atoms with Crippen LogP contribution in [0, 0.1) is 0 Å². The molecule has 0 amide bonds. The van der Waals surface area contributed by atoms with Crippen LogP contribution in [-0.2, 0) is 9.47 Å². The third-order valence-electron chi connectivity index (χ3n) is 5.01. The molecule has 2 heterocycles. The molecule has 2 aliphatic heterocycles. The Kier molecular flexibility index (Phi) is 4.10. The summed E-state index contributed by atoms with van der Waals surface area (Å²) in [5.41, 5.74) is 0. The molecule has 1 N–H and O–H groups in total. The summed E-state index contributed by atoms with van der Waals surface area (Å²) in [4.78, 5) is 5.04. The van der Waals surface area contributed by atoms with Crippen LogP contribution < -0.4 is 5.32 Å². The second kappa shape index (κ2) is 5.66. The van der Waals surface area contributed by atoms with Crippen molar-refractivity contribution >= 4 is 0 Å². The van der Waals surface area contributed by atoms with Crippen molar-refractivity contribution in [3.05, 3.63) is 0 Å². The minimum absolute atomic E-state index is 0.276. The minimum atomic E-state index is -0.276. The van der Waals surface area contributed by atoms with E-state index in [4.69, 9.17) is 9.47 Å². The van der Waals surface area contributed by atoms with Gasteiger partial charge in [0.2, 0.25) is 0 Å². The van der Waals surface area contributed by atoms with Gasteiger partial charge in [-0.2, -0.15) is 0 Å². The zero-order valence-corrected chi connectivity index (χ0v) is 12.2. The van der Waals surface area contributed by atoms with Gasteiger partial charge in [0.1, 0.15) is 0 Å². The lowest BCUT2D eigenvalue weighted by atomic mass is 9.84. The van der Waals surface area contributed by atoms with E-state index in [0.717, 1.165) is 45.6 Å². The summed E-state index contributed by atoms with van der Waals surface area (Å²) in [7, 11) is 4.29. The molecule has 0 aromatic rings. The number of ether oxygens (including phenoxy) is 2. The molecule has 3 aliphatic rings. The largest absolute Gasteiger partial charge is 0.347 e. The fraction of sp³-hybridized carbons (Fsp3) is 1.00. The molecule has 5 heteroatoms. The van der Waals surface area contributed by atoms with E-state index in [0.29, 0.717) is 12.1 Å². The lowest BCUT2D eigenvalue weighted by molar-refractivity contribution is -0.194. The van der Waals surface area contributed by atoms with E-state index < -0.39 is 0 Å². The van der Waals surface area contributed by atoms with E-state index in [9.17, 15) is 0 Å². The maximum atomic E-state index is 5.93. The van der Waals surface area contributed by atoms with Crippen LogP contribution in [-0.4, -0.2) is 81.2 Å². The molecule has 2 atom stereocenters. The highest BCUT2D eigenvalue weighted by Gasteiger charge is 2.46. The van der Waals surface area contributed by atoms with Crippen LogP contribution in [0.5, 0.6) is 0 Å². The Labute approximate surface area is 116 Å². The molecular formula is C14H27N3O2. The van der Waals surface area contributed by atoms with Gasteiger partial charge < -0.3 is 19.7 Å². The van der Waals surface area contributed by atoms with Gasteiger partial charge in [-0.05, 0) is 20.5 Å². The molecule has 1 spiro atoms. The molecule has 19 heavy (non-hydrogen) atoms. The summed E-state index contributed by atoms with van der Waals surface area (Å²) in [5, 5.41) is 3.50. The molecule has 0 radical (unpaired) electrons. The summed E-state index contributed by atoms with van der Waals surface area (Å²) < 4.78 is 11.9. The topological polar surface area (TPSA) is 37.0 Å². The molecule has 3 rings (SSSR count). The summed E-state index contributed by atoms with van der Waals surface area (Å²) in [5.74, 6) is -0.276. The molecule has 1 aliphatic carbocycles. The first kappa shape index (κ1) is 13.8. The third-order valence-corrected chi connectivity index (χ3v) is 5.01. The van der Waals surface area contributed by atoms with Crippen molar-refractivity contribution in [2.24, 2.45) is 0 Å². The second-order valence-corrected chi connectivity index (χ2v) is 6.15. The predicted octanol–water partition coefficient (Wildman–Crippen LogP) is 0.117. The number of rotatable bonds is 2. The quantitative estimate of drug-likeness (QED) is 0.770. The lowest BCUT2D eigenvalue weighted by Gasteiger charge is -2.47. The Bertz CT molecular complexity index is 299. The van der Waals surface area contributed by atoms with Gasteiger partial charge >= 0.3 is 0 Å². The Morgan fingerprint density at radius 3 is 2.42 bits per heavy atom. The van der Waals surface area contributed by atoms with Crippen molar-refractivity contribution in [1.29, 1.82) is 0 Å². The fourth-order valence-corrected chi connectivity index (χ4v) is 3.76. The van der Waals surface area contributed by atoms with Crippen molar-refractivity contribution in [3.63, 3.8) is 0 Å². The molecular weight excluding hydrogens is 242 g/mol. The Morgan fingerprint density at radius 2 is 1.79 bits per heavy atom. The van der Waals surface area contributed by atoms with Crippen molar-refractivity contribution in [3.8, 4) is 0 Å². The van der Waals surface area contributed by atoms with E-state index >= 15 is 0 Å². The molecule has 5 nitrogen and oxygen atoms in total. The van der Waals surface area contributed by atoms with Gasteiger partial charge in [0.25, 0.3) is 0 Å². The van der Waals surface area contributed by atoms with Crippen LogP contribution in [0.1, 0.15) is 19.3 Å². The normalized spacial score (nSPS) is 36.9. The molecule has 110 valence electrons. The third kappa shape index (κ3) is 2.81. The average molecular weight is 269 g/mol. The van der Waals surface area contributed by atoms with E-state index in [1.165, 1.54) is 13.1 Å². The monoisotopic (exact) mass is 269 g/mol. The Balaban J connectivity index is 1.68. The van der Waals surface area contributed by atoms with E-state index in [-0.39, 0.29) is 5.79 Å². The lowest BCUT2D eigenvalue weighted by Crippen LogP contribution is -2.60. The van der Waals surface area contributed by atoms with Gasteiger partial charge in [-0.3, -0.25) is 4.90 Å². The highest BCUT2D eigenvalue weighted by molar-refractivity contribution is 4.97. The van der Waals surface area contributed by atoms with Crippen LogP contribution in [0.25, 0.3) is 0 Å². The smallest absolute Gasteiger partial charge is 0.170 e. The maximum Gasteiger partial charge on any atom is 0.170 e. The molecule has 3 fully saturated rings. The zero-order chi connectivity index (χ0) is 13.3. The number of piperazine rings is 1. The number of nitrogens with one attached hydrogen (secondary N) is 1. The van der Waals surface area contributed by atoms with Gasteiger partial charge in [0, 0.05) is 51.1 Å². The highest BCUT2D eigenvalue weighted by Crippen LogP contribution is 2.38. The maximum absolute atomic E-state index is 5.93. The molecule has 0 bridgehead atoms. The second-order valence-electron chi connectivity index (χ2n) is 6.15. The molecule has 2 unspecified atom stereocenters. The van der Waals surface area contributed by atoms with Crippen molar-refractivity contribution in [2.45, 2.75) is 37.1 Å². The number of hydrogen-bond donors (Lipinski definition) is 1. The standard InChI is InChI=1S/C14H27N3O2/c1-15-12-3-4-14(18-9-10-19-14)11-13(12)17-7-5-16(2)6-8-17/h12-13,15H,3-11H2,1-2H3. The van der Waals surface area contributed by atoms with Crippen LogP contribution in [0.15, 0.2) is 0 Å². The molecule has 0 aromatic heterocycles. The zero-order valence-electron chi connectivity index (χ0n) is 12.2. The first-order valence-corrected chi connectivity index (χ1v) is 7.60. The van der Waals surface area contributed by atoms with E-state index in [1.54, 1.807) is 0 Å². The van der Waals surface area contributed by atoms with Crippen molar-refractivity contribution in [2.75, 3.05) is 53.5 Å². The molecule has 2 saturated heterocycles. The van der Waals surface area contributed by atoms with E-state index in [1.807, 2.05) is 0 Å². The number of likely N-dealkylation sites (N-methyl/N-ethyl adjacent to an activating group) is 2. The first-order chi connectivity index (χ1) is 9.22. The van der Waals surface area contributed by atoms with Gasteiger partial charge in [-0.25, -0.2) is 0 Å². The summed E-state index contributed by atoms with van der Waals surface area (Å²) in [6.07, 6.45) is 3.19. The molecule has 0 aromatic carbocycles. The van der Waals surface area contributed by atoms with Gasteiger partial charge in [-0.1, -0.05) is 0 Å². The Morgan fingerprint density at radius 1 is 1.11 bits per heavy atom. The van der Waals surface area contributed by atoms with Crippen molar-refractivity contribution < 1.29 is 9.47 Å². The Hall–Kier alpha value is -0.200. The van der Waals surface area contributed by atoms with Gasteiger partial charge in [-0.15, -0.1) is 0 Å². The number of hydrogen-bond acceptors (Lipinski definition) is 5. The first-order valence-electron chi connectivity index (χ1n) is 7.60. The average Bonchev–Trinajstić information content (AvgIpc) is 2.88. The highest BCUT2D eigenvalue weighted by atomic mass is 16.7. The SMILES string of the molecule is CNC1CCC2(CC1N1CCN(C)CC1)OCCO2. The summed E-state index contributed by atoms with van der Waals surface area (Å²) in [6.45, 7) is 6.19. The summed E-state index contributed by atoms with van der Waals surface area (Å²) >= 11 is 0. The molecule has 1 saturated carbocycles. The minimum Gasteiger partial charge on any atom is -0.347 e. The van der Waals surface area contributed by atoms with Crippen LogP contribution in [0.3, 0.4) is 0 Å². The number of nitrogens with zero attached hydrogens (tertiary/aromatic N) is 2. The van der Waals surface area contributed by atoms with Crippen LogP contribution in [0.2, 0.25) is 0 Å². The summed E-state index contributed by atoms with van der Waals surface area (Å²) in [6, 6.07) is 1.12. The predicted molar refractivity (Wildman–Crippen MR) is 74.2 cm³/mol. The van der Waals surface area contributed by atoms with Gasteiger partial charge in [0.05, 0.1) is 13.2 Å². The van der Waals surface area contributed by atoms with Crippen LogP contribution in [0.4, 0.5) is 0 Å². The fourth-order valence-electron chi connectivity index (χ4n) is 3.76.